The smallest absolute Gasteiger partial charge is 0.257 e. The second-order valence-corrected chi connectivity index (χ2v) is 8.66. The SMILES string of the molecule is Cc1nnc(NC(=O)c2ccc(N3C(=O)C4C5C=CC(CC5)C4C3=O)cc2)s1. The fourth-order valence-electron chi connectivity index (χ4n) is 4.61. The van der Waals surface area contributed by atoms with Crippen molar-refractivity contribution in [3.05, 3.63) is 47.0 Å². The monoisotopic (exact) mass is 394 g/mol. The molecule has 3 amide bonds. The van der Waals surface area contributed by atoms with E-state index in [1.54, 1.807) is 24.3 Å². The zero-order valence-electron chi connectivity index (χ0n) is 15.2. The van der Waals surface area contributed by atoms with Gasteiger partial charge in [0.1, 0.15) is 5.01 Å². The summed E-state index contributed by atoms with van der Waals surface area (Å²) in [5, 5.41) is 11.6. The van der Waals surface area contributed by atoms with Crippen LogP contribution in [-0.4, -0.2) is 27.9 Å². The van der Waals surface area contributed by atoms with Crippen molar-refractivity contribution in [3.63, 3.8) is 0 Å². The molecule has 4 unspecified atom stereocenters. The molecule has 2 bridgehead atoms. The van der Waals surface area contributed by atoms with E-state index in [4.69, 9.17) is 0 Å². The first-order valence-electron chi connectivity index (χ1n) is 9.30. The van der Waals surface area contributed by atoms with Gasteiger partial charge in [-0.15, -0.1) is 10.2 Å². The van der Waals surface area contributed by atoms with Crippen molar-refractivity contribution in [2.45, 2.75) is 19.8 Å². The molecule has 4 atom stereocenters. The van der Waals surface area contributed by atoms with Crippen molar-refractivity contribution in [2.75, 3.05) is 10.2 Å². The fraction of sp³-hybridized carbons (Fsp3) is 0.350. The van der Waals surface area contributed by atoms with Crippen molar-refractivity contribution in [2.24, 2.45) is 23.7 Å². The summed E-state index contributed by atoms with van der Waals surface area (Å²) in [6.07, 6.45) is 6.15. The van der Waals surface area contributed by atoms with Gasteiger partial charge >= 0.3 is 0 Å². The van der Waals surface area contributed by atoms with Gasteiger partial charge in [-0.2, -0.15) is 0 Å². The number of nitrogens with one attached hydrogen (secondary N) is 1. The van der Waals surface area contributed by atoms with Crippen molar-refractivity contribution in [1.82, 2.24) is 10.2 Å². The van der Waals surface area contributed by atoms with Gasteiger partial charge in [0.05, 0.1) is 17.5 Å². The van der Waals surface area contributed by atoms with Crippen LogP contribution in [0, 0.1) is 30.6 Å². The predicted octanol–water partition coefficient (Wildman–Crippen LogP) is 2.80. The van der Waals surface area contributed by atoms with Gasteiger partial charge in [0.25, 0.3) is 5.91 Å². The molecule has 1 aromatic heterocycles. The Morgan fingerprint density at radius 2 is 1.64 bits per heavy atom. The summed E-state index contributed by atoms with van der Waals surface area (Å²) in [5.41, 5.74) is 0.946. The molecule has 142 valence electrons. The molecule has 1 saturated carbocycles. The summed E-state index contributed by atoms with van der Waals surface area (Å²) in [7, 11) is 0. The van der Waals surface area contributed by atoms with Crippen LogP contribution in [0.2, 0.25) is 0 Å². The number of benzene rings is 1. The lowest BCUT2D eigenvalue weighted by Gasteiger charge is -2.38. The Bertz CT molecular complexity index is 981. The molecule has 7 nitrogen and oxygen atoms in total. The Morgan fingerprint density at radius 1 is 1.04 bits per heavy atom. The number of hydrogen-bond acceptors (Lipinski definition) is 6. The maximum atomic E-state index is 13.0. The number of imide groups is 1. The molecule has 4 aliphatic rings. The van der Waals surface area contributed by atoms with Crippen LogP contribution >= 0.6 is 11.3 Å². The number of carbonyl (C=O) groups is 3. The van der Waals surface area contributed by atoms with E-state index in [2.05, 4.69) is 27.7 Å². The van der Waals surface area contributed by atoms with Gasteiger partial charge in [0, 0.05) is 5.56 Å². The first kappa shape index (κ1) is 17.2. The van der Waals surface area contributed by atoms with Crippen LogP contribution in [0.5, 0.6) is 0 Å². The third-order valence-electron chi connectivity index (χ3n) is 5.89. The van der Waals surface area contributed by atoms with E-state index in [0.717, 1.165) is 17.8 Å². The molecule has 1 aliphatic heterocycles. The van der Waals surface area contributed by atoms with E-state index >= 15 is 0 Å². The molecule has 2 fully saturated rings. The van der Waals surface area contributed by atoms with Gasteiger partial charge in [0.2, 0.25) is 16.9 Å². The van der Waals surface area contributed by atoms with Crippen molar-refractivity contribution in [3.8, 4) is 0 Å². The van der Waals surface area contributed by atoms with E-state index in [1.165, 1.54) is 16.2 Å². The number of rotatable bonds is 3. The van der Waals surface area contributed by atoms with E-state index in [9.17, 15) is 14.4 Å². The minimum absolute atomic E-state index is 0.115. The minimum atomic E-state index is -0.308. The van der Waals surface area contributed by atoms with Gasteiger partial charge in [-0.1, -0.05) is 23.5 Å². The number of amides is 3. The summed E-state index contributed by atoms with van der Waals surface area (Å²) in [6.45, 7) is 1.81. The predicted molar refractivity (Wildman–Crippen MR) is 104 cm³/mol. The zero-order valence-corrected chi connectivity index (χ0v) is 16.0. The van der Waals surface area contributed by atoms with Crippen LogP contribution in [0.3, 0.4) is 0 Å². The number of aryl methyl sites for hydroxylation is 1. The highest BCUT2D eigenvalue weighted by molar-refractivity contribution is 7.15. The Morgan fingerprint density at radius 3 is 2.14 bits per heavy atom. The number of anilines is 2. The molecule has 0 radical (unpaired) electrons. The maximum Gasteiger partial charge on any atom is 0.257 e. The van der Waals surface area contributed by atoms with Gasteiger partial charge in [-0.05, 0) is 55.9 Å². The highest BCUT2D eigenvalue weighted by atomic mass is 32.1. The fourth-order valence-corrected chi connectivity index (χ4v) is 5.19. The van der Waals surface area contributed by atoms with Crippen molar-refractivity contribution in [1.29, 1.82) is 0 Å². The number of hydrogen-bond donors (Lipinski definition) is 1. The molecule has 1 saturated heterocycles. The highest BCUT2D eigenvalue weighted by Gasteiger charge is 2.56. The van der Waals surface area contributed by atoms with Crippen LogP contribution in [0.1, 0.15) is 28.2 Å². The number of nitrogens with zero attached hydrogens (tertiary/aromatic N) is 3. The average Bonchev–Trinajstić information content (AvgIpc) is 3.24. The van der Waals surface area contributed by atoms with Crippen molar-refractivity contribution >= 4 is 39.9 Å². The summed E-state index contributed by atoms with van der Waals surface area (Å²) >= 11 is 1.29. The molecule has 2 aromatic rings. The van der Waals surface area contributed by atoms with Crippen LogP contribution in [-0.2, 0) is 9.59 Å². The molecule has 1 aromatic carbocycles. The third-order valence-corrected chi connectivity index (χ3v) is 6.65. The lowest BCUT2D eigenvalue weighted by molar-refractivity contribution is -0.124. The molecule has 6 rings (SSSR count). The van der Waals surface area contributed by atoms with Gasteiger partial charge in [-0.25, -0.2) is 0 Å². The zero-order chi connectivity index (χ0) is 19.4. The van der Waals surface area contributed by atoms with E-state index < -0.39 is 0 Å². The first-order chi connectivity index (χ1) is 13.5. The topological polar surface area (TPSA) is 92.3 Å². The quantitative estimate of drug-likeness (QED) is 0.638. The van der Waals surface area contributed by atoms with Gasteiger partial charge in [-0.3, -0.25) is 24.6 Å². The highest BCUT2D eigenvalue weighted by Crippen LogP contribution is 2.50. The summed E-state index contributed by atoms with van der Waals surface area (Å²) in [5.74, 6) is -0.683. The number of fused-ring (bicyclic) bond motifs is 1. The average molecular weight is 394 g/mol. The first-order valence-corrected chi connectivity index (χ1v) is 10.1. The summed E-state index contributed by atoms with van der Waals surface area (Å²) in [6, 6.07) is 6.55. The van der Waals surface area contributed by atoms with E-state index in [1.807, 2.05) is 6.92 Å². The number of carbonyl (C=O) groups excluding carboxylic acids is 3. The Hall–Kier alpha value is -2.87. The Balaban J connectivity index is 1.37. The van der Waals surface area contributed by atoms with Crippen molar-refractivity contribution < 1.29 is 14.4 Å². The lowest BCUT2D eigenvalue weighted by Crippen LogP contribution is -2.38. The number of aromatic nitrogens is 2. The van der Waals surface area contributed by atoms with Crippen LogP contribution < -0.4 is 10.2 Å². The second kappa shape index (κ2) is 6.34. The largest absolute Gasteiger partial charge is 0.296 e. The van der Waals surface area contributed by atoms with E-state index in [-0.39, 0.29) is 41.4 Å². The third kappa shape index (κ3) is 2.59. The van der Waals surface area contributed by atoms with Crippen LogP contribution in [0.25, 0.3) is 0 Å². The molecule has 3 aliphatic carbocycles. The molecule has 1 N–H and O–H groups in total. The maximum absolute atomic E-state index is 13.0. The second-order valence-electron chi connectivity index (χ2n) is 7.48. The molecule has 0 spiro atoms. The lowest BCUT2D eigenvalue weighted by atomic mass is 9.63. The molecular weight excluding hydrogens is 376 g/mol. The molecular formula is C20H18N4O3S. The molecule has 2 heterocycles. The van der Waals surface area contributed by atoms with Gasteiger partial charge in [0.15, 0.2) is 0 Å². The van der Waals surface area contributed by atoms with Crippen LogP contribution in [0.15, 0.2) is 36.4 Å². The molecule has 28 heavy (non-hydrogen) atoms. The molecule has 8 heteroatoms. The summed E-state index contributed by atoms with van der Waals surface area (Å²) in [4.78, 5) is 39.6. The summed E-state index contributed by atoms with van der Waals surface area (Å²) < 4.78 is 0. The Kier molecular flexibility index (Phi) is 3.90. The number of allylic oxidation sites excluding steroid dienone is 2. The minimum Gasteiger partial charge on any atom is -0.296 e. The van der Waals surface area contributed by atoms with Crippen LogP contribution in [0.4, 0.5) is 10.8 Å². The Labute approximate surface area is 165 Å². The standard InChI is InChI=1S/C20H18N4O3S/c1-10-22-23-20(28-10)21-17(25)13-6-8-14(9-7-13)24-18(26)15-11-2-3-12(5-4-11)16(15)19(24)27/h2-3,6-9,11-12,15-16H,4-5H2,1H3,(H,21,23,25). The van der Waals surface area contributed by atoms with E-state index in [0.29, 0.717) is 16.4 Å². The van der Waals surface area contributed by atoms with Gasteiger partial charge < -0.3 is 0 Å². The normalized spacial score (nSPS) is 28.0.